The molecule has 0 radical (unpaired) electrons. The molecule has 0 saturated heterocycles. The second-order valence-electron chi connectivity index (χ2n) is 14.1. The molecule has 0 unspecified atom stereocenters. The van der Waals surface area contributed by atoms with Gasteiger partial charge in [0.25, 0.3) is 0 Å². The number of thiophene rings is 1. The first-order valence-corrected chi connectivity index (χ1v) is 18.7. The zero-order valence-corrected chi connectivity index (χ0v) is 30.2. The van der Waals surface area contributed by atoms with E-state index in [1.165, 1.54) is 43.1 Å². The number of allylic oxidation sites excluding steroid dienone is 2. The molecule has 0 fully saturated rings. The van der Waals surface area contributed by atoms with Crippen molar-refractivity contribution in [2.24, 2.45) is 0 Å². The highest BCUT2D eigenvalue weighted by Gasteiger charge is 2.38. The van der Waals surface area contributed by atoms with Gasteiger partial charge in [0.2, 0.25) is 0 Å². The second-order valence-corrected chi connectivity index (χ2v) is 15.2. The summed E-state index contributed by atoms with van der Waals surface area (Å²) in [6.07, 6.45) is 8.36. The Kier molecular flexibility index (Phi) is 7.14. The molecule has 0 bridgehead atoms. The van der Waals surface area contributed by atoms with Crippen LogP contribution in [0, 0.1) is 0 Å². The quantitative estimate of drug-likeness (QED) is 0.162. The average Bonchev–Trinajstić information content (AvgIpc) is 3.85. The van der Waals surface area contributed by atoms with E-state index in [4.69, 9.17) is 15.0 Å². The van der Waals surface area contributed by atoms with Crippen LogP contribution in [0.1, 0.15) is 30.5 Å². The molecule has 10 rings (SSSR count). The first kappa shape index (κ1) is 31.3. The van der Waals surface area contributed by atoms with Gasteiger partial charge in [0.1, 0.15) is 0 Å². The van der Waals surface area contributed by atoms with Crippen molar-refractivity contribution in [2.75, 3.05) is 0 Å². The Morgan fingerprint density at radius 3 is 2.04 bits per heavy atom. The maximum atomic E-state index is 5.20. The molecule has 53 heavy (non-hydrogen) atoms. The smallest absolute Gasteiger partial charge is 0.165 e. The number of fused-ring (bicyclic) bond motifs is 8. The lowest BCUT2D eigenvalue weighted by atomic mass is 9.80. The van der Waals surface area contributed by atoms with Gasteiger partial charge in [-0.15, -0.1) is 11.3 Å². The minimum atomic E-state index is -0.167. The summed E-state index contributed by atoms with van der Waals surface area (Å²) in [5.74, 6) is 1.95. The van der Waals surface area contributed by atoms with Gasteiger partial charge >= 0.3 is 0 Å². The third-order valence-electron chi connectivity index (χ3n) is 10.6. The van der Waals surface area contributed by atoms with Gasteiger partial charge in [-0.1, -0.05) is 148 Å². The minimum absolute atomic E-state index is 0.167. The fraction of sp³-hybridized carbons (Fsp3) is 0.0625. The fourth-order valence-electron chi connectivity index (χ4n) is 8.19. The van der Waals surface area contributed by atoms with Crippen molar-refractivity contribution in [3.8, 4) is 51.0 Å². The van der Waals surface area contributed by atoms with Crippen LogP contribution in [0.15, 0.2) is 158 Å². The van der Waals surface area contributed by atoms with Gasteiger partial charge in [0, 0.05) is 65.1 Å². The van der Waals surface area contributed by atoms with E-state index in [1.807, 2.05) is 48.6 Å². The van der Waals surface area contributed by atoms with Gasteiger partial charge in [-0.3, -0.25) is 0 Å². The molecular formula is C48H34N4S. The van der Waals surface area contributed by atoms with Crippen molar-refractivity contribution < 1.29 is 0 Å². The second kappa shape index (κ2) is 12.1. The molecule has 3 aromatic heterocycles. The van der Waals surface area contributed by atoms with Crippen molar-refractivity contribution >= 4 is 48.5 Å². The molecule has 252 valence electrons. The molecule has 0 amide bonds. The van der Waals surface area contributed by atoms with Crippen molar-refractivity contribution in [2.45, 2.75) is 19.3 Å². The number of aromatic nitrogens is 4. The maximum Gasteiger partial charge on any atom is 0.165 e. The number of benzene rings is 6. The third kappa shape index (κ3) is 4.92. The van der Waals surface area contributed by atoms with Crippen LogP contribution in [0.2, 0.25) is 0 Å². The van der Waals surface area contributed by atoms with E-state index in [1.54, 1.807) is 11.3 Å². The third-order valence-corrected chi connectivity index (χ3v) is 11.8. The van der Waals surface area contributed by atoms with Gasteiger partial charge in [-0.2, -0.15) is 0 Å². The van der Waals surface area contributed by atoms with Gasteiger partial charge in [-0.05, 0) is 46.5 Å². The zero-order chi connectivity index (χ0) is 35.7. The molecule has 4 nitrogen and oxygen atoms in total. The fourth-order valence-corrected chi connectivity index (χ4v) is 9.38. The molecule has 0 aliphatic heterocycles. The molecule has 3 heterocycles. The summed E-state index contributed by atoms with van der Waals surface area (Å²) in [6.45, 7) is 8.71. The Morgan fingerprint density at radius 1 is 0.642 bits per heavy atom. The van der Waals surface area contributed by atoms with Gasteiger partial charge in [-0.25, -0.2) is 15.0 Å². The van der Waals surface area contributed by atoms with Crippen LogP contribution in [-0.4, -0.2) is 19.5 Å². The summed E-state index contributed by atoms with van der Waals surface area (Å²) in [5.41, 5.74) is 11.4. The highest BCUT2D eigenvalue weighted by atomic mass is 32.1. The zero-order valence-electron chi connectivity index (χ0n) is 29.4. The summed E-state index contributed by atoms with van der Waals surface area (Å²) in [4.78, 5) is 15.4. The van der Waals surface area contributed by atoms with Crippen molar-refractivity contribution in [3.63, 3.8) is 0 Å². The van der Waals surface area contributed by atoms with E-state index in [2.05, 4.69) is 134 Å². The lowest BCUT2D eigenvalue weighted by Gasteiger charge is -2.23. The molecular weight excluding hydrogens is 665 g/mol. The number of rotatable bonds is 6. The molecule has 1 aliphatic carbocycles. The molecule has 9 aromatic rings. The van der Waals surface area contributed by atoms with E-state index in [9.17, 15) is 0 Å². The van der Waals surface area contributed by atoms with E-state index in [0.717, 1.165) is 38.2 Å². The monoisotopic (exact) mass is 698 g/mol. The van der Waals surface area contributed by atoms with Crippen molar-refractivity contribution in [3.05, 3.63) is 175 Å². The SMILES string of the molecule is C=C/C=C\c1cn(-c2cc(-c3nc(-c4ccccc4)nc(-c4ccccc4)n3)c3sc4ccccc4c3c2)c2ccc3c(c12)C(C)(C)c1ccccc1-3. The van der Waals surface area contributed by atoms with E-state index in [0.29, 0.717) is 17.5 Å². The predicted molar refractivity (Wildman–Crippen MR) is 223 cm³/mol. The Bertz CT molecular complexity index is 2870. The van der Waals surface area contributed by atoms with Crippen LogP contribution >= 0.6 is 11.3 Å². The Hall–Kier alpha value is -6.43. The molecule has 5 heteroatoms. The lowest BCUT2D eigenvalue weighted by molar-refractivity contribution is 0.666. The maximum absolute atomic E-state index is 5.20. The molecule has 0 saturated carbocycles. The van der Waals surface area contributed by atoms with Crippen LogP contribution < -0.4 is 0 Å². The minimum Gasteiger partial charge on any atom is -0.316 e. The van der Waals surface area contributed by atoms with Crippen LogP contribution in [0.5, 0.6) is 0 Å². The standard InChI is InChI=1S/C48H34N4S/c1-4-5-16-32-29-52(40-26-25-36-34-21-12-14-23-39(34)48(2,3)43(36)42(32)40)33-27-37-35-22-13-15-24-41(35)53-44(37)38(28-33)47-50-45(30-17-8-6-9-18-30)49-46(51-47)31-19-10-7-11-20-31/h4-29H,1H2,2-3H3/b16-5-. The molecule has 0 N–H and O–H groups in total. The van der Waals surface area contributed by atoms with Crippen molar-refractivity contribution in [1.29, 1.82) is 0 Å². The van der Waals surface area contributed by atoms with Gasteiger partial charge < -0.3 is 4.57 Å². The Balaban J connectivity index is 1.28. The molecule has 0 spiro atoms. The van der Waals surface area contributed by atoms with Crippen LogP contribution in [0.25, 0.3) is 88.1 Å². The predicted octanol–water partition coefficient (Wildman–Crippen LogP) is 12.7. The Morgan fingerprint density at radius 2 is 1.30 bits per heavy atom. The first-order valence-electron chi connectivity index (χ1n) is 17.9. The van der Waals surface area contributed by atoms with E-state index < -0.39 is 0 Å². The summed E-state index contributed by atoms with van der Waals surface area (Å²) in [5, 5.41) is 3.66. The van der Waals surface area contributed by atoms with Crippen LogP contribution in [-0.2, 0) is 5.41 Å². The summed E-state index contributed by atoms with van der Waals surface area (Å²) in [7, 11) is 0. The number of hydrogen-bond acceptors (Lipinski definition) is 4. The number of nitrogens with zero attached hydrogens (tertiary/aromatic N) is 4. The van der Waals surface area contributed by atoms with Crippen LogP contribution in [0.3, 0.4) is 0 Å². The summed E-state index contributed by atoms with van der Waals surface area (Å²) < 4.78 is 4.73. The van der Waals surface area contributed by atoms with Crippen LogP contribution in [0.4, 0.5) is 0 Å². The summed E-state index contributed by atoms with van der Waals surface area (Å²) in [6, 6.07) is 47.1. The molecule has 6 aromatic carbocycles. The van der Waals surface area contributed by atoms with E-state index in [-0.39, 0.29) is 5.41 Å². The first-order chi connectivity index (χ1) is 26.0. The number of hydrogen-bond donors (Lipinski definition) is 0. The topological polar surface area (TPSA) is 43.6 Å². The Labute approximate surface area is 312 Å². The van der Waals surface area contributed by atoms with E-state index >= 15 is 0 Å². The highest BCUT2D eigenvalue weighted by Crippen LogP contribution is 2.52. The normalized spacial score (nSPS) is 13.2. The van der Waals surface area contributed by atoms with Crippen molar-refractivity contribution in [1.82, 2.24) is 19.5 Å². The average molecular weight is 699 g/mol. The van der Waals surface area contributed by atoms with Gasteiger partial charge in [0.15, 0.2) is 17.5 Å². The van der Waals surface area contributed by atoms with Gasteiger partial charge in [0.05, 0.1) is 5.52 Å². The molecule has 0 atom stereocenters. The molecule has 1 aliphatic rings. The summed E-state index contributed by atoms with van der Waals surface area (Å²) >= 11 is 1.79. The highest BCUT2D eigenvalue weighted by molar-refractivity contribution is 7.26. The lowest BCUT2D eigenvalue weighted by Crippen LogP contribution is -2.15. The largest absolute Gasteiger partial charge is 0.316 e.